The fourth-order valence-electron chi connectivity index (χ4n) is 3.68. The highest BCUT2D eigenvalue weighted by atomic mass is 32.1. The molecule has 1 atom stereocenters. The summed E-state index contributed by atoms with van der Waals surface area (Å²) in [6.07, 6.45) is -0.656. The predicted molar refractivity (Wildman–Crippen MR) is 109 cm³/mol. The normalized spacial score (nSPS) is 16.0. The molecule has 5 nitrogen and oxygen atoms in total. The van der Waals surface area contributed by atoms with Gasteiger partial charge in [-0.05, 0) is 36.4 Å². The number of nitrogens with zero attached hydrogens (tertiary/aromatic N) is 1. The second-order valence-electron chi connectivity index (χ2n) is 7.11. The van der Waals surface area contributed by atoms with Crippen molar-refractivity contribution in [2.75, 3.05) is 12.0 Å². The van der Waals surface area contributed by atoms with E-state index in [4.69, 9.17) is 4.74 Å². The molecule has 1 aromatic heterocycles. The fourth-order valence-corrected chi connectivity index (χ4v) is 4.49. The summed E-state index contributed by atoms with van der Waals surface area (Å²) in [6.45, 7) is 0. The molecule has 2 aromatic rings. The van der Waals surface area contributed by atoms with Gasteiger partial charge in [-0.3, -0.25) is 14.5 Å². The smallest absolute Gasteiger partial charge is 0.471 e. The molecule has 3 rings (SSSR count). The zero-order valence-electron chi connectivity index (χ0n) is 16.4. The standard InChI is InChI=1S/C21H23F3N2O3S/c1-29-16-11-6-5-10-15(16)26(20(28)21(22,23)24)18(17-12-7-13-30-17)19(27)25-14-8-3-2-4-9-14/h5-7,10-14,18H,2-4,8-9H2,1H3,(H,25,27)/t18-/m0/s1. The number of para-hydroxylation sites is 2. The van der Waals surface area contributed by atoms with E-state index in [1.165, 1.54) is 25.3 Å². The van der Waals surface area contributed by atoms with Crippen molar-refractivity contribution in [3.63, 3.8) is 0 Å². The second-order valence-corrected chi connectivity index (χ2v) is 8.09. The van der Waals surface area contributed by atoms with Gasteiger partial charge in [0.15, 0.2) is 6.04 Å². The lowest BCUT2D eigenvalue weighted by Gasteiger charge is -2.33. The maximum absolute atomic E-state index is 13.6. The van der Waals surface area contributed by atoms with E-state index in [1.54, 1.807) is 23.6 Å². The fraction of sp³-hybridized carbons (Fsp3) is 0.429. The summed E-state index contributed by atoms with van der Waals surface area (Å²) in [5.74, 6) is -2.68. The summed E-state index contributed by atoms with van der Waals surface area (Å²) in [4.78, 5) is 26.6. The van der Waals surface area contributed by atoms with Crippen LogP contribution in [0.25, 0.3) is 0 Å². The van der Waals surface area contributed by atoms with Crippen molar-refractivity contribution in [1.29, 1.82) is 0 Å². The van der Waals surface area contributed by atoms with E-state index in [-0.39, 0.29) is 17.5 Å². The first-order valence-corrected chi connectivity index (χ1v) is 10.6. The maximum atomic E-state index is 13.6. The Labute approximate surface area is 176 Å². The molecule has 1 N–H and O–H groups in total. The third kappa shape index (κ3) is 4.95. The molecule has 0 spiro atoms. The van der Waals surface area contributed by atoms with E-state index in [0.717, 1.165) is 43.4 Å². The van der Waals surface area contributed by atoms with Crippen molar-refractivity contribution in [3.05, 3.63) is 46.7 Å². The van der Waals surface area contributed by atoms with Gasteiger partial charge in [-0.2, -0.15) is 13.2 Å². The Morgan fingerprint density at radius 2 is 1.83 bits per heavy atom. The lowest BCUT2D eigenvalue weighted by molar-refractivity contribution is -0.171. The number of hydrogen-bond donors (Lipinski definition) is 1. The van der Waals surface area contributed by atoms with E-state index in [1.807, 2.05) is 0 Å². The van der Waals surface area contributed by atoms with E-state index < -0.39 is 24.0 Å². The molecule has 9 heteroatoms. The van der Waals surface area contributed by atoms with Crippen LogP contribution >= 0.6 is 11.3 Å². The minimum absolute atomic E-state index is 0.0714. The average Bonchev–Trinajstić information content (AvgIpc) is 3.25. The molecule has 0 bridgehead atoms. The van der Waals surface area contributed by atoms with E-state index in [0.29, 0.717) is 9.78 Å². The zero-order chi connectivity index (χ0) is 21.7. The Hall–Kier alpha value is -2.55. The number of nitrogens with one attached hydrogen (secondary N) is 1. The first-order chi connectivity index (χ1) is 14.3. The third-order valence-corrected chi connectivity index (χ3v) is 6.00. The lowest BCUT2D eigenvalue weighted by atomic mass is 9.95. The van der Waals surface area contributed by atoms with Crippen molar-refractivity contribution in [3.8, 4) is 5.75 Å². The van der Waals surface area contributed by atoms with Crippen LogP contribution in [0.1, 0.15) is 43.0 Å². The van der Waals surface area contributed by atoms with E-state index in [9.17, 15) is 22.8 Å². The van der Waals surface area contributed by atoms with Crippen LogP contribution in [-0.4, -0.2) is 31.1 Å². The number of ether oxygens (including phenoxy) is 1. The molecule has 1 saturated carbocycles. The average molecular weight is 440 g/mol. The molecule has 1 fully saturated rings. The molecule has 1 aliphatic carbocycles. The molecule has 2 amide bonds. The number of amides is 2. The molecular weight excluding hydrogens is 417 g/mol. The number of halogens is 3. The Kier molecular flexibility index (Phi) is 7.02. The molecular formula is C21H23F3N2O3S. The Morgan fingerprint density at radius 3 is 2.43 bits per heavy atom. The molecule has 162 valence electrons. The first kappa shape index (κ1) is 22.1. The molecule has 0 unspecified atom stereocenters. The number of methoxy groups -OCH3 is 1. The molecule has 1 heterocycles. The molecule has 0 aliphatic heterocycles. The summed E-state index contributed by atoms with van der Waals surface area (Å²) in [5.41, 5.74) is -0.112. The minimum atomic E-state index is -5.17. The Balaban J connectivity index is 2.07. The molecule has 1 aromatic carbocycles. The van der Waals surface area contributed by atoms with Gasteiger partial charge in [-0.25, -0.2) is 0 Å². The summed E-state index contributed by atoms with van der Waals surface area (Å²) >= 11 is 1.12. The van der Waals surface area contributed by atoms with Gasteiger partial charge in [0, 0.05) is 10.9 Å². The SMILES string of the molecule is COc1ccccc1N(C(=O)C(F)(F)F)[C@H](C(=O)NC1CCCCC1)c1cccs1. The molecule has 1 aliphatic rings. The van der Waals surface area contributed by atoms with Crippen molar-refractivity contribution in [2.45, 2.75) is 50.4 Å². The van der Waals surface area contributed by atoms with Gasteiger partial charge in [0.1, 0.15) is 5.75 Å². The van der Waals surface area contributed by atoms with Gasteiger partial charge in [-0.1, -0.05) is 37.5 Å². The lowest BCUT2D eigenvalue weighted by Crippen LogP contribution is -2.50. The topological polar surface area (TPSA) is 58.6 Å². The highest BCUT2D eigenvalue weighted by Crippen LogP contribution is 2.39. The van der Waals surface area contributed by atoms with Crippen LogP contribution in [-0.2, 0) is 9.59 Å². The van der Waals surface area contributed by atoms with Gasteiger partial charge >= 0.3 is 12.1 Å². The first-order valence-electron chi connectivity index (χ1n) is 9.70. The number of rotatable bonds is 6. The number of alkyl halides is 3. The van der Waals surface area contributed by atoms with E-state index in [2.05, 4.69) is 5.32 Å². The van der Waals surface area contributed by atoms with Crippen LogP contribution in [0.5, 0.6) is 5.75 Å². The monoisotopic (exact) mass is 440 g/mol. The highest BCUT2D eigenvalue weighted by Gasteiger charge is 2.48. The summed E-state index contributed by atoms with van der Waals surface area (Å²) in [5, 5.41) is 4.53. The van der Waals surface area contributed by atoms with Gasteiger partial charge in [0.2, 0.25) is 5.91 Å². The zero-order valence-corrected chi connectivity index (χ0v) is 17.3. The Bertz CT molecular complexity index is 865. The van der Waals surface area contributed by atoms with Crippen molar-refractivity contribution in [2.24, 2.45) is 0 Å². The van der Waals surface area contributed by atoms with Crippen LogP contribution in [0, 0.1) is 0 Å². The van der Waals surface area contributed by atoms with Crippen molar-refractivity contribution in [1.82, 2.24) is 5.32 Å². The number of carbonyl (C=O) groups excluding carboxylic acids is 2. The third-order valence-electron chi connectivity index (χ3n) is 5.08. The summed E-state index contributed by atoms with van der Waals surface area (Å²) < 4.78 is 45.9. The number of thiophene rings is 1. The minimum Gasteiger partial charge on any atom is -0.495 e. The van der Waals surface area contributed by atoms with Crippen molar-refractivity contribution >= 4 is 28.8 Å². The van der Waals surface area contributed by atoms with Crippen LogP contribution in [0.15, 0.2) is 41.8 Å². The Morgan fingerprint density at radius 1 is 1.13 bits per heavy atom. The van der Waals surface area contributed by atoms with Gasteiger partial charge < -0.3 is 10.1 Å². The number of benzene rings is 1. The van der Waals surface area contributed by atoms with Crippen LogP contribution in [0.4, 0.5) is 18.9 Å². The summed E-state index contributed by atoms with van der Waals surface area (Å²) in [6, 6.07) is 7.50. The molecule has 30 heavy (non-hydrogen) atoms. The van der Waals surface area contributed by atoms with Gasteiger partial charge in [0.25, 0.3) is 0 Å². The highest BCUT2D eigenvalue weighted by molar-refractivity contribution is 7.10. The quantitative estimate of drug-likeness (QED) is 0.699. The van der Waals surface area contributed by atoms with Crippen LogP contribution in [0.2, 0.25) is 0 Å². The number of anilines is 1. The van der Waals surface area contributed by atoms with E-state index >= 15 is 0 Å². The van der Waals surface area contributed by atoms with Gasteiger partial charge in [-0.15, -0.1) is 11.3 Å². The van der Waals surface area contributed by atoms with Crippen LogP contribution < -0.4 is 15.0 Å². The summed E-state index contributed by atoms with van der Waals surface area (Å²) in [7, 11) is 1.30. The van der Waals surface area contributed by atoms with Crippen LogP contribution in [0.3, 0.4) is 0 Å². The molecule has 0 saturated heterocycles. The van der Waals surface area contributed by atoms with Gasteiger partial charge in [0.05, 0.1) is 12.8 Å². The van der Waals surface area contributed by atoms with Crippen molar-refractivity contribution < 1.29 is 27.5 Å². The molecule has 0 radical (unpaired) electrons. The largest absolute Gasteiger partial charge is 0.495 e. The predicted octanol–water partition coefficient (Wildman–Crippen LogP) is 4.84. The number of carbonyl (C=O) groups is 2. The number of hydrogen-bond acceptors (Lipinski definition) is 4. The maximum Gasteiger partial charge on any atom is 0.471 e. The second kappa shape index (κ2) is 9.51.